The van der Waals surface area contributed by atoms with Gasteiger partial charge in [0.25, 0.3) is 11.8 Å². The molecule has 1 atom stereocenters. The van der Waals surface area contributed by atoms with Crippen molar-refractivity contribution < 1.29 is 28.7 Å². The third kappa shape index (κ3) is 4.79. The van der Waals surface area contributed by atoms with Gasteiger partial charge >= 0.3 is 6.09 Å². The highest BCUT2D eigenvalue weighted by atomic mass is 16.5. The third-order valence-electron chi connectivity index (χ3n) is 5.17. The Labute approximate surface area is 167 Å². The topological polar surface area (TPSA) is 145 Å². The zero-order valence-electron chi connectivity index (χ0n) is 15.9. The van der Waals surface area contributed by atoms with Gasteiger partial charge in [0.15, 0.2) is 0 Å². The number of hydrogen-bond acceptors (Lipinski definition) is 6. The van der Waals surface area contributed by atoms with Crippen molar-refractivity contribution in [3.05, 3.63) is 34.4 Å². The van der Waals surface area contributed by atoms with Gasteiger partial charge in [0.2, 0.25) is 11.8 Å². The molecule has 9 heteroatoms. The van der Waals surface area contributed by atoms with Crippen molar-refractivity contribution in [2.24, 2.45) is 5.73 Å². The molecule has 1 aromatic carbocycles. The van der Waals surface area contributed by atoms with Gasteiger partial charge in [-0.15, -0.1) is 0 Å². The zero-order valence-corrected chi connectivity index (χ0v) is 15.9. The molecule has 1 aromatic rings. The van der Waals surface area contributed by atoms with Gasteiger partial charge in [-0.1, -0.05) is 18.9 Å². The zero-order chi connectivity index (χ0) is 21.0. The monoisotopic (exact) mass is 401 g/mol. The van der Waals surface area contributed by atoms with Crippen LogP contribution >= 0.6 is 0 Å². The van der Waals surface area contributed by atoms with Crippen molar-refractivity contribution in [2.75, 3.05) is 6.61 Å². The molecule has 1 unspecified atom stereocenters. The molecule has 29 heavy (non-hydrogen) atoms. The number of amides is 5. The first kappa shape index (κ1) is 20.5. The van der Waals surface area contributed by atoms with Gasteiger partial charge in [-0.05, 0) is 42.9 Å². The van der Waals surface area contributed by atoms with Crippen molar-refractivity contribution in [3.63, 3.8) is 0 Å². The molecule has 2 aliphatic heterocycles. The Morgan fingerprint density at radius 1 is 1.03 bits per heavy atom. The lowest BCUT2D eigenvalue weighted by Crippen LogP contribution is -2.39. The first-order valence-corrected chi connectivity index (χ1v) is 9.65. The standard InChI is InChI=1S/C20H23N3O6/c21-20(28)29-8-4-2-1-3-5-11-9-12(13-6-7-15(24)22-17(13)25)10-14-16(11)19(27)23-18(14)26/h9-10,13H,1-8H2,(H2,21,28)(H,22,24,25)(H,23,26,27). The van der Waals surface area contributed by atoms with Crippen LogP contribution in [-0.2, 0) is 20.7 Å². The molecule has 0 saturated carbocycles. The van der Waals surface area contributed by atoms with E-state index in [-0.39, 0.29) is 30.4 Å². The molecule has 1 fully saturated rings. The second-order valence-corrected chi connectivity index (χ2v) is 7.22. The molecule has 3 rings (SSSR count). The highest BCUT2D eigenvalue weighted by Crippen LogP contribution is 2.31. The second kappa shape index (κ2) is 8.85. The predicted octanol–water partition coefficient (Wildman–Crippen LogP) is 1.29. The molecule has 0 bridgehead atoms. The second-order valence-electron chi connectivity index (χ2n) is 7.22. The fraction of sp³-hybridized carbons (Fsp3) is 0.450. The van der Waals surface area contributed by atoms with Crippen LogP contribution in [0.4, 0.5) is 4.79 Å². The minimum Gasteiger partial charge on any atom is -0.450 e. The maximum Gasteiger partial charge on any atom is 0.404 e. The number of carbonyl (C=O) groups is 5. The average molecular weight is 401 g/mol. The normalized spacial score (nSPS) is 18.3. The van der Waals surface area contributed by atoms with E-state index in [9.17, 15) is 24.0 Å². The number of piperidine rings is 1. The van der Waals surface area contributed by atoms with Crippen LogP contribution in [0.15, 0.2) is 12.1 Å². The summed E-state index contributed by atoms with van der Waals surface area (Å²) < 4.78 is 4.68. The van der Waals surface area contributed by atoms with E-state index in [2.05, 4.69) is 15.4 Å². The smallest absolute Gasteiger partial charge is 0.404 e. The summed E-state index contributed by atoms with van der Waals surface area (Å²) in [5.74, 6) is -2.10. The summed E-state index contributed by atoms with van der Waals surface area (Å²) in [5, 5.41) is 4.63. The van der Waals surface area contributed by atoms with Crippen molar-refractivity contribution in [2.45, 2.75) is 50.9 Å². The fourth-order valence-corrected chi connectivity index (χ4v) is 3.76. The first-order chi connectivity index (χ1) is 13.9. The minimum absolute atomic E-state index is 0.237. The van der Waals surface area contributed by atoms with Gasteiger partial charge in [-0.25, -0.2) is 4.79 Å². The lowest BCUT2D eigenvalue weighted by Gasteiger charge is -2.22. The number of unbranched alkanes of at least 4 members (excludes halogenated alkanes) is 3. The number of nitrogens with one attached hydrogen (secondary N) is 2. The minimum atomic E-state index is -0.790. The van der Waals surface area contributed by atoms with Crippen LogP contribution in [0, 0.1) is 0 Å². The number of fused-ring (bicyclic) bond motifs is 1. The van der Waals surface area contributed by atoms with Crippen LogP contribution in [0.25, 0.3) is 0 Å². The number of rotatable bonds is 8. The summed E-state index contributed by atoms with van der Waals surface area (Å²) in [6, 6.07) is 3.38. The number of primary amides is 1. The molecule has 5 amide bonds. The van der Waals surface area contributed by atoms with Crippen LogP contribution < -0.4 is 16.4 Å². The number of nitrogens with two attached hydrogens (primary N) is 1. The lowest BCUT2D eigenvalue weighted by atomic mass is 9.86. The number of imide groups is 2. The number of benzene rings is 1. The lowest BCUT2D eigenvalue weighted by molar-refractivity contribution is -0.134. The molecule has 0 aromatic heterocycles. The summed E-state index contributed by atoms with van der Waals surface area (Å²) in [4.78, 5) is 58.5. The van der Waals surface area contributed by atoms with Crippen molar-refractivity contribution in [3.8, 4) is 0 Å². The largest absolute Gasteiger partial charge is 0.450 e. The molecule has 2 heterocycles. The molecular weight excluding hydrogens is 378 g/mol. The molecule has 0 spiro atoms. The van der Waals surface area contributed by atoms with Gasteiger partial charge in [0, 0.05) is 6.42 Å². The van der Waals surface area contributed by atoms with E-state index < -0.39 is 23.8 Å². The predicted molar refractivity (Wildman–Crippen MR) is 101 cm³/mol. The summed E-state index contributed by atoms with van der Waals surface area (Å²) >= 11 is 0. The van der Waals surface area contributed by atoms with Crippen molar-refractivity contribution in [1.29, 1.82) is 0 Å². The van der Waals surface area contributed by atoms with E-state index >= 15 is 0 Å². The van der Waals surface area contributed by atoms with Crippen LogP contribution in [0.5, 0.6) is 0 Å². The van der Waals surface area contributed by atoms with E-state index in [1.54, 1.807) is 12.1 Å². The number of hydrogen-bond donors (Lipinski definition) is 3. The van der Waals surface area contributed by atoms with Gasteiger partial charge in [0.05, 0.1) is 23.7 Å². The maximum absolute atomic E-state index is 12.2. The molecule has 4 N–H and O–H groups in total. The van der Waals surface area contributed by atoms with Gasteiger partial charge in [0.1, 0.15) is 0 Å². The Kier molecular flexibility index (Phi) is 6.26. The van der Waals surface area contributed by atoms with Gasteiger partial charge in [-0.2, -0.15) is 0 Å². The Hall–Kier alpha value is -3.23. The van der Waals surface area contributed by atoms with E-state index in [4.69, 9.17) is 5.73 Å². The summed E-state index contributed by atoms with van der Waals surface area (Å²) in [5.41, 5.74) is 6.91. The van der Waals surface area contributed by atoms with Crippen LogP contribution in [0.1, 0.15) is 76.3 Å². The third-order valence-corrected chi connectivity index (χ3v) is 5.17. The Morgan fingerprint density at radius 3 is 2.52 bits per heavy atom. The molecule has 9 nitrogen and oxygen atoms in total. The number of carbonyl (C=O) groups excluding carboxylic acids is 5. The highest BCUT2D eigenvalue weighted by Gasteiger charge is 2.34. The molecule has 0 radical (unpaired) electrons. The molecule has 1 saturated heterocycles. The van der Waals surface area contributed by atoms with Gasteiger partial charge in [-0.3, -0.25) is 29.8 Å². The van der Waals surface area contributed by atoms with Crippen molar-refractivity contribution in [1.82, 2.24) is 10.6 Å². The Balaban J connectivity index is 1.71. The van der Waals surface area contributed by atoms with E-state index in [0.717, 1.165) is 24.8 Å². The van der Waals surface area contributed by atoms with Crippen LogP contribution in [0.3, 0.4) is 0 Å². The van der Waals surface area contributed by atoms with Crippen LogP contribution in [-0.4, -0.2) is 36.3 Å². The highest BCUT2D eigenvalue weighted by molar-refractivity contribution is 6.22. The molecular formula is C20H23N3O6. The molecule has 2 aliphatic rings. The first-order valence-electron chi connectivity index (χ1n) is 9.65. The summed E-state index contributed by atoms with van der Waals surface area (Å²) in [7, 11) is 0. The van der Waals surface area contributed by atoms with E-state index in [1.807, 2.05) is 0 Å². The average Bonchev–Trinajstić information content (AvgIpc) is 2.94. The molecule has 0 aliphatic carbocycles. The fourth-order valence-electron chi connectivity index (χ4n) is 3.76. The summed E-state index contributed by atoms with van der Waals surface area (Å²) in [6.45, 7) is 0.270. The maximum atomic E-state index is 12.2. The quantitative estimate of drug-likeness (QED) is 0.442. The number of ether oxygens (including phenoxy) is 1. The summed E-state index contributed by atoms with van der Waals surface area (Å²) in [6.07, 6.45) is 3.52. The molecule has 154 valence electrons. The van der Waals surface area contributed by atoms with Crippen LogP contribution in [0.2, 0.25) is 0 Å². The Morgan fingerprint density at radius 2 is 1.79 bits per heavy atom. The van der Waals surface area contributed by atoms with Gasteiger partial charge < -0.3 is 10.5 Å². The SMILES string of the molecule is NC(=O)OCCCCCCc1cc(C2CCC(=O)NC2=O)cc2c1C(=O)NC2=O. The van der Waals surface area contributed by atoms with E-state index in [0.29, 0.717) is 30.4 Å². The Bertz CT molecular complexity index is 879. The van der Waals surface area contributed by atoms with Crippen molar-refractivity contribution >= 4 is 29.7 Å². The van der Waals surface area contributed by atoms with E-state index in [1.165, 1.54) is 0 Å². The number of aryl methyl sites for hydroxylation is 1.